The molecule has 0 radical (unpaired) electrons. The molecule has 0 aliphatic rings. The maximum Gasteiger partial charge on any atom is 0.226 e. The van der Waals surface area contributed by atoms with Crippen LogP contribution in [0.15, 0.2) is 23.6 Å². The Balaban J connectivity index is 2.16. The fraction of sp³-hybridized carbons (Fsp3) is 0.267. The van der Waals surface area contributed by atoms with Crippen molar-refractivity contribution < 1.29 is 9.18 Å². The number of nitrogens with one attached hydrogen (secondary N) is 1. The molecular formula is C15H15FN4OS. The zero-order valence-electron chi connectivity index (χ0n) is 12.3. The lowest BCUT2D eigenvalue weighted by Gasteiger charge is -2.15. The summed E-state index contributed by atoms with van der Waals surface area (Å²) in [6.07, 6.45) is 2.18. The summed E-state index contributed by atoms with van der Waals surface area (Å²) in [7, 11) is 1.56. The predicted octanol–water partition coefficient (Wildman–Crippen LogP) is 2.37. The molecule has 5 nitrogen and oxygen atoms in total. The van der Waals surface area contributed by atoms with E-state index < -0.39 is 5.82 Å². The molecule has 0 spiro atoms. The Morgan fingerprint density at radius 1 is 1.55 bits per heavy atom. The van der Waals surface area contributed by atoms with Crippen LogP contribution in [-0.2, 0) is 17.8 Å². The van der Waals surface area contributed by atoms with Crippen molar-refractivity contribution in [3.05, 3.63) is 45.7 Å². The van der Waals surface area contributed by atoms with E-state index in [1.807, 2.05) is 13.1 Å². The van der Waals surface area contributed by atoms with Crippen LogP contribution in [0.5, 0.6) is 0 Å². The van der Waals surface area contributed by atoms with Gasteiger partial charge >= 0.3 is 0 Å². The minimum absolute atomic E-state index is 0.122. The Bertz CT molecular complexity index is 723. The molecule has 2 aromatic rings. The molecular weight excluding hydrogens is 303 g/mol. The average molecular weight is 318 g/mol. The van der Waals surface area contributed by atoms with Crippen molar-refractivity contribution in [3.63, 3.8) is 0 Å². The maximum atomic E-state index is 13.9. The van der Waals surface area contributed by atoms with Gasteiger partial charge in [-0.1, -0.05) is 6.07 Å². The number of aryl methyl sites for hydroxylation is 1. The first kappa shape index (κ1) is 15.9. The van der Waals surface area contributed by atoms with Gasteiger partial charge in [0, 0.05) is 12.4 Å². The monoisotopic (exact) mass is 318 g/mol. The van der Waals surface area contributed by atoms with E-state index in [-0.39, 0.29) is 24.6 Å². The van der Waals surface area contributed by atoms with Crippen LogP contribution in [0.3, 0.4) is 0 Å². The number of carbonyl (C=O) groups is 1. The molecule has 1 aromatic carbocycles. The topological polar surface area (TPSA) is 69.0 Å². The summed E-state index contributed by atoms with van der Waals surface area (Å²) < 4.78 is 13.9. The molecule has 0 saturated carbocycles. The van der Waals surface area contributed by atoms with Crippen molar-refractivity contribution >= 4 is 22.9 Å². The summed E-state index contributed by atoms with van der Waals surface area (Å²) in [6.45, 7) is 2.00. The van der Waals surface area contributed by atoms with E-state index in [1.54, 1.807) is 24.6 Å². The smallest absolute Gasteiger partial charge is 0.226 e. The number of amides is 1. The highest BCUT2D eigenvalue weighted by molar-refractivity contribution is 7.09. The molecule has 0 aliphatic carbocycles. The number of nitrogens with zero attached hydrogens (tertiary/aromatic N) is 3. The Hall–Kier alpha value is -2.46. The second-order valence-electron chi connectivity index (χ2n) is 4.72. The van der Waals surface area contributed by atoms with E-state index in [1.165, 1.54) is 22.3 Å². The number of nitriles is 1. The molecule has 0 saturated heterocycles. The van der Waals surface area contributed by atoms with Gasteiger partial charge in [0.25, 0.3) is 0 Å². The molecule has 2 rings (SSSR count). The SMILES string of the molecule is CNC(=O)Cc1nc(CN(C#N)c2cc(C)ccc2F)cs1. The number of rotatable bonds is 5. The molecule has 7 heteroatoms. The standard InChI is InChI=1S/C15H15FN4OS/c1-10-3-4-12(16)13(5-10)20(9-17)7-11-8-22-15(19-11)6-14(21)18-2/h3-5,8H,6-7H2,1-2H3,(H,18,21). The van der Waals surface area contributed by atoms with E-state index in [9.17, 15) is 14.4 Å². The van der Waals surface area contributed by atoms with Gasteiger partial charge in [-0.15, -0.1) is 11.3 Å². The number of halogens is 1. The van der Waals surface area contributed by atoms with Crippen molar-refractivity contribution in [1.29, 1.82) is 5.26 Å². The lowest BCUT2D eigenvalue weighted by atomic mass is 10.2. The first-order valence-electron chi connectivity index (χ1n) is 6.60. The third kappa shape index (κ3) is 3.80. The zero-order valence-corrected chi connectivity index (χ0v) is 13.1. The highest BCUT2D eigenvalue weighted by atomic mass is 32.1. The molecule has 0 aliphatic heterocycles. The molecule has 0 atom stereocenters. The Morgan fingerprint density at radius 2 is 2.32 bits per heavy atom. The van der Waals surface area contributed by atoms with Gasteiger partial charge in [0.2, 0.25) is 5.91 Å². The summed E-state index contributed by atoms with van der Waals surface area (Å²) in [6, 6.07) is 4.61. The summed E-state index contributed by atoms with van der Waals surface area (Å²) in [5, 5.41) is 14.2. The Labute approximate surface area is 132 Å². The van der Waals surface area contributed by atoms with Crippen LogP contribution in [0, 0.1) is 24.2 Å². The Kier molecular flexibility index (Phi) is 5.07. The highest BCUT2D eigenvalue weighted by Crippen LogP contribution is 2.22. The van der Waals surface area contributed by atoms with Gasteiger partial charge in [-0.05, 0) is 24.6 Å². The van der Waals surface area contributed by atoms with Crippen molar-refractivity contribution in [2.45, 2.75) is 19.9 Å². The molecule has 114 valence electrons. The highest BCUT2D eigenvalue weighted by Gasteiger charge is 2.14. The van der Waals surface area contributed by atoms with Crippen LogP contribution in [0.1, 0.15) is 16.3 Å². The molecule has 1 amide bonds. The third-order valence-electron chi connectivity index (χ3n) is 3.02. The second-order valence-corrected chi connectivity index (χ2v) is 5.67. The van der Waals surface area contributed by atoms with Gasteiger partial charge in [0.1, 0.15) is 10.8 Å². The fourth-order valence-electron chi connectivity index (χ4n) is 1.89. The van der Waals surface area contributed by atoms with E-state index in [2.05, 4.69) is 10.3 Å². The molecule has 1 heterocycles. The van der Waals surface area contributed by atoms with Crippen LogP contribution in [0.2, 0.25) is 0 Å². The molecule has 0 unspecified atom stereocenters. The van der Waals surface area contributed by atoms with Crippen LogP contribution in [0.4, 0.5) is 10.1 Å². The molecule has 1 aromatic heterocycles. The van der Waals surface area contributed by atoms with E-state index in [4.69, 9.17) is 0 Å². The summed E-state index contributed by atoms with van der Waals surface area (Å²) in [5.41, 5.74) is 1.73. The average Bonchev–Trinajstić information content (AvgIpc) is 2.94. The molecule has 1 N–H and O–H groups in total. The molecule has 0 bridgehead atoms. The van der Waals surface area contributed by atoms with Crippen molar-refractivity contribution in [1.82, 2.24) is 10.3 Å². The second kappa shape index (κ2) is 7.00. The lowest BCUT2D eigenvalue weighted by molar-refractivity contribution is -0.119. The van der Waals surface area contributed by atoms with Crippen molar-refractivity contribution in [3.8, 4) is 6.19 Å². The molecule has 0 fully saturated rings. The first-order valence-corrected chi connectivity index (χ1v) is 7.48. The summed E-state index contributed by atoms with van der Waals surface area (Å²) in [4.78, 5) is 16.9. The largest absolute Gasteiger partial charge is 0.359 e. The number of hydrogen-bond donors (Lipinski definition) is 1. The Morgan fingerprint density at radius 3 is 3.00 bits per heavy atom. The van der Waals surface area contributed by atoms with Crippen molar-refractivity contribution in [2.75, 3.05) is 11.9 Å². The predicted molar refractivity (Wildman–Crippen MR) is 82.8 cm³/mol. The maximum absolute atomic E-state index is 13.9. The van der Waals surface area contributed by atoms with Gasteiger partial charge < -0.3 is 5.32 Å². The number of thiazole rings is 1. The summed E-state index contributed by atoms with van der Waals surface area (Å²) in [5.74, 6) is -0.573. The van der Waals surface area contributed by atoms with Crippen LogP contribution in [-0.4, -0.2) is 17.9 Å². The van der Waals surface area contributed by atoms with E-state index >= 15 is 0 Å². The van der Waals surface area contributed by atoms with Gasteiger partial charge in [-0.2, -0.15) is 5.26 Å². The number of hydrogen-bond acceptors (Lipinski definition) is 5. The number of likely N-dealkylation sites (N-methyl/N-ethyl adjacent to an activating group) is 1. The van der Waals surface area contributed by atoms with Gasteiger partial charge in [-0.25, -0.2) is 9.37 Å². The van der Waals surface area contributed by atoms with Gasteiger partial charge in [-0.3, -0.25) is 9.69 Å². The normalized spacial score (nSPS) is 10.1. The lowest BCUT2D eigenvalue weighted by Crippen LogP contribution is -2.20. The summed E-state index contributed by atoms with van der Waals surface area (Å²) >= 11 is 1.35. The first-order chi connectivity index (χ1) is 10.5. The van der Waals surface area contributed by atoms with Gasteiger partial charge in [0.15, 0.2) is 6.19 Å². The quantitative estimate of drug-likeness (QED) is 0.679. The number of aromatic nitrogens is 1. The van der Waals surface area contributed by atoms with Gasteiger partial charge in [0.05, 0.1) is 24.3 Å². The van der Waals surface area contributed by atoms with E-state index in [0.29, 0.717) is 10.7 Å². The van der Waals surface area contributed by atoms with Crippen LogP contribution < -0.4 is 10.2 Å². The number of anilines is 1. The minimum atomic E-state index is -0.451. The minimum Gasteiger partial charge on any atom is -0.359 e. The van der Waals surface area contributed by atoms with Crippen molar-refractivity contribution in [2.24, 2.45) is 0 Å². The zero-order chi connectivity index (χ0) is 16.1. The van der Waals surface area contributed by atoms with Crippen LogP contribution >= 0.6 is 11.3 Å². The fourth-order valence-corrected chi connectivity index (χ4v) is 2.68. The number of carbonyl (C=O) groups excluding carboxylic acids is 1. The van der Waals surface area contributed by atoms with Crippen LogP contribution in [0.25, 0.3) is 0 Å². The molecule has 22 heavy (non-hydrogen) atoms. The number of benzene rings is 1. The van der Waals surface area contributed by atoms with E-state index in [0.717, 1.165) is 5.56 Å². The third-order valence-corrected chi connectivity index (χ3v) is 3.92.